The number of aromatic nitrogens is 6. The predicted molar refractivity (Wildman–Crippen MR) is 138 cm³/mol. The van der Waals surface area contributed by atoms with E-state index in [2.05, 4.69) is 57.0 Å². The Bertz CT molecular complexity index is 1540. The van der Waals surface area contributed by atoms with Crippen LogP contribution < -0.4 is 5.32 Å². The van der Waals surface area contributed by atoms with Gasteiger partial charge in [0, 0.05) is 22.8 Å². The summed E-state index contributed by atoms with van der Waals surface area (Å²) in [4.78, 5) is 21.0. The molecule has 2 N–H and O–H groups in total. The van der Waals surface area contributed by atoms with Gasteiger partial charge < -0.3 is 9.72 Å². The minimum atomic E-state index is -0.513. The van der Waals surface area contributed by atoms with Crippen molar-refractivity contribution in [3.8, 4) is 0 Å². The number of fused-ring (bicyclic) bond motifs is 3. The lowest BCUT2D eigenvalue weighted by Gasteiger charge is -2.25. The molecule has 3 aromatic heterocycles. The average Bonchev–Trinajstić information content (AvgIpc) is 3.50. The fourth-order valence-electron chi connectivity index (χ4n) is 4.38. The van der Waals surface area contributed by atoms with Gasteiger partial charge in [0.25, 0.3) is 0 Å². The highest BCUT2D eigenvalue weighted by molar-refractivity contribution is 6.09. The molecule has 0 saturated carbocycles. The first kappa shape index (κ1) is 23.6. The van der Waals surface area contributed by atoms with Gasteiger partial charge in [-0.3, -0.25) is 5.32 Å². The summed E-state index contributed by atoms with van der Waals surface area (Å²) in [6.45, 7) is 8.74. The van der Waals surface area contributed by atoms with Crippen LogP contribution in [-0.2, 0) is 16.8 Å². The van der Waals surface area contributed by atoms with Gasteiger partial charge in [0.1, 0.15) is 11.7 Å². The zero-order valence-electron chi connectivity index (χ0n) is 21.0. The quantitative estimate of drug-likeness (QED) is 0.344. The van der Waals surface area contributed by atoms with Crippen LogP contribution in [0.5, 0.6) is 0 Å². The summed E-state index contributed by atoms with van der Waals surface area (Å²) < 4.78 is 6.83. The third-order valence-corrected chi connectivity index (χ3v) is 6.21. The molecule has 0 saturated heterocycles. The van der Waals surface area contributed by atoms with E-state index in [9.17, 15) is 4.79 Å². The van der Waals surface area contributed by atoms with Crippen molar-refractivity contribution in [3.05, 3.63) is 82.9 Å². The Morgan fingerprint density at radius 1 is 1.11 bits per heavy atom. The normalized spacial score (nSPS) is 12.8. The molecule has 1 atom stereocenters. The van der Waals surface area contributed by atoms with Crippen molar-refractivity contribution in [2.45, 2.75) is 45.8 Å². The number of aryl methyl sites for hydroxylation is 1. The number of aromatic amines is 1. The molecular formula is C27H29N7O2. The van der Waals surface area contributed by atoms with Gasteiger partial charge in [0.15, 0.2) is 5.82 Å². The molecule has 9 heteroatoms. The van der Waals surface area contributed by atoms with Crippen molar-refractivity contribution in [2.75, 3.05) is 7.11 Å². The third kappa shape index (κ3) is 4.33. The lowest BCUT2D eigenvalue weighted by Crippen LogP contribution is -2.32. The van der Waals surface area contributed by atoms with E-state index in [1.165, 1.54) is 12.7 Å². The van der Waals surface area contributed by atoms with Gasteiger partial charge in [-0.05, 0) is 55.8 Å². The Labute approximate surface area is 208 Å². The maximum absolute atomic E-state index is 12.7. The summed E-state index contributed by atoms with van der Waals surface area (Å²) in [5, 5.41) is 18.2. The van der Waals surface area contributed by atoms with Crippen LogP contribution in [0.25, 0.3) is 21.8 Å². The molecule has 0 spiro atoms. The minimum absolute atomic E-state index is 0.224. The smallest absolute Gasteiger partial charge is 0.356 e. The Morgan fingerprint density at radius 2 is 1.86 bits per heavy atom. The number of rotatable bonds is 6. The molecule has 9 nitrogen and oxygen atoms in total. The second-order valence-electron chi connectivity index (χ2n) is 9.90. The SMILES string of the molecule is COC(=O)c1cc2c([nH]c3ccccc32)c(C(NCc2ccc(C)cc2)c2nnnn2C(C)(C)C)n1. The highest BCUT2D eigenvalue weighted by Gasteiger charge is 2.31. The predicted octanol–water partition coefficient (Wildman–Crippen LogP) is 4.43. The highest BCUT2D eigenvalue weighted by atomic mass is 16.5. The van der Waals surface area contributed by atoms with E-state index in [4.69, 9.17) is 9.72 Å². The number of para-hydroxylation sites is 1. The Balaban J connectivity index is 1.73. The Hall–Kier alpha value is -4.11. The van der Waals surface area contributed by atoms with E-state index in [0.29, 0.717) is 18.1 Å². The molecule has 0 radical (unpaired) electrons. The van der Waals surface area contributed by atoms with E-state index in [1.807, 2.05) is 45.0 Å². The summed E-state index contributed by atoms with van der Waals surface area (Å²) in [6.07, 6.45) is 0. The minimum Gasteiger partial charge on any atom is -0.464 e. The molecule has 2 aromatic carbocycles. The van der Waals surface area contributed by atoms with Crippen molar-refractivity contribution in [3.63, 3.8) is 0 Å². The molecule has 0 bridgehead atoms. The Morgan fingerprint density at radius 3 is 2.58 bits per heavy atom. The number of pyridine rings is 1. The van der Waals surface area contributed by atoms with E-state index in [1.54, 1.807) is 10.7 Å². The van der Waals surface area contributed by atoms with Crippen LogP contribution in [0.3, 0.4) is 0 Å². The second kappa shape index (κ2) is 9.16. The molecule has 0 fully saturated rings. The standard InChI is InChI=1S/C27H29N7O2/c1-16-10-12-17(13-11-16)15-28-24(25-31-32-33-34(25)27(2,3)4)23-22-19(14-21(30-23)26(35)36-5)18-8-6-7-9-20(18)29-22/h6-14,24,28-29H,15H2,1-5H3. The number of H-pyrrole nitrogens is 1. The molecule has 0 aliphatic heterocycles. The van der Waals surface area contributed by atoms with Crippen LogP contribution in [0.1, 0.15) is 59.9 Å². The van der Waals surface area contributed by atoms with Crippen LogP contribution in [0.4, 0.5) is 0 Å². The van der Waals surface area contributed by atoms with Gasteiger partial charge in [-0.15, -0.1) is 5.10 Å². The molecule has 36 heavy (non-hydrogen) atoms. The van der Waals surface area contributed by atoms with Gasteiger partial charge in [0.2, 0.25) is 0 Å². The van der Waals surface area contributed by atoms with Gasteiger partial charge in [-0.1, -0.05) is 48.0 Å². The molecule has 0 amide bonds. The number of ether oxygens (including phenoxy) is 1. The zero-order valence-corrected chi connectivity index (χ0v) is 21.0. The average molecular weight is 484 g/mol. The van der Waals surface area contributed by atoms with Gasteiger partial charge in [0.05, 0.1) is 23.9 Å². The maximum Gasteiger partial charge on any atom is 0.356 e. The number of carbonyl (C=O) groups excluding carboxylic acids is 1. The van der Waals surface area contributed by atoms with Crippen LogP contribution in [0.15, 0.2) is 54.6 Å². The summed E-state index contributed by atoms with van der Waals surface area (Å²) >= 11 is 0. The number of nitrogens with zero attached hydrogens (tertiary/aromatic N) is 5. The first-order valence-corrected chi connectivity index (χ1v) is 11.8. The molecule has 0 aliphatic rings. The third-order valence-electron chi connectivity index (χ3n) is 6.21. The van der Waals surface area contributed by atoms with Crippen LogP contribution in [0, 0.1) is 6.92 Å². The van der Waals surface area contributed by atoms with Crippen molar-refractivity contribution in [1.29, 1.82) is 0 Å². The number of hydrogen-bond donors (Lipinski definition) is 2. The monoisotopic (exact) mass is 483 g/mol. The number of benzene rings is 2. The van der Waals surface area contributed by atoms with Crippen LogP contribution in [0.2, 0.25) is 0 Å². The first-order chi connectivity index (χ1) is 17.3. The molecule has 3 heterocycles. The van der Waals surface area contributed by atoms with Crippen molar-refractivity contribution >= 4 is 27.8 Å². The van der Waals surface area contributed by atoms with E-state index in [0.717, 1.165) is 27.4 Å². The summed E-state index contributed by atoms with van der Waals surface area (Å²) in [7, 11) is 1.36. The van der Waals surface area contributed by atoms with Crippen molar-refractivity contribution in [1.82, 2.24) is 35.5 Å². The number of hydrogen-bond acceptors (Lipinski definition) is 7. The Kier molecular flexibility index (Phi) is 6.01. The van der Waals surface area contributed by atoms with Crippen LogP contribution in [-0.4, -0.2) is 43.3 Å². The lowest BCUT2D eigenvalue weighted by atomic mass is 10.0. The second-order valence-corrected chi connectivity index (χ2v) is 9.90. The molecule has 1 unspecified atom stereocenters. The summed E-state index contributed by atoms with van der Waals surface area (Å²) in [5.74, 6) is 0.0974. The van der Waals surface area contributed by atoms with E-state index >= 15 is 0 Å². The number of methoxy groups -OCH3 is 1. The van der Waals surface area contributed by atoms with E-state index in [-0.39, 0.29) is 11.2 Å². The van der Waals surface area contributed by atoms with Gasteiger partial charge >= 0.3 is 5.97 Å². The topological polar surface area (TPSA) is 111 Å². The fourth-order valence-corrected chi connectivity index (χ4v) is 4.38. The molecule has 184 valence electrons. The lowest BCUT2D eigenvalue weighted by molar-refractivity contribution is 0.0594. The molecule has 0 aliphatic carbocycles. The highest BCUT2D eigenvalue weighted by Crippen LogP contribution is 2.33. The maximum atomic E-state index is 12.7. The van der Waals surface area contributed by atoms with E-state index < -0.39 is 12.0 Å². The van der Waals surface area contributed by atoms with Gasteiger partial charge in [-0.25, -0.2) is 14.5 Å². The first-order valence-electron chi connectivity index (χ1n) is 11.8. The number of nitrogens with one attached hydrogen (secondary N) is 2. The van der Waals surface area contributed by atoms with Crippen molar-refractivity contribution in [2.24, 2.45) is 0 Å². The molecule has 5 rings (SSSR count). The fraction of sp³-hybridized carbons (Fsp3) is 0.296. The largest absolute Gasteiger partial charge is 0.464 e. The molecular weight excluding hydrogens is 454 g/mol. The number of esters is 1. The number of tetrazole rings is 1. The summed E-state index contributed by atoms with van der Waals surface area (Å²) in [5.41, 5.74) is 4.54. The zero-order chi connectivity index (χ0) is 25.4. The van der Waals surface area contributed by atoms with Crippen molar-refractivity contribution < 1.29 is 9.53 Å². The molecule has 5 aromatic rings. The van der Waals surface area contributed by atoms with Gasteiger partial charge in [-0.2, -0.15) is 0 Å². The summed E-state index contributed by atoms with van der Waals surface area (Å²) in [6, 6.07) is 17.6. The van der Waals surface area contributed by atoms with Crippen LogP contribution >= 0.6 is 0 Å². The number of carbonyl (C=O) groups is 1.